The third kappa shape index (κ3) is 8.14. The van der Waals surface area contributed by atoms with Gasteiger partial charge in [0.1, 0.15) is 0 Å². The van der Waals surface area contributed by atoms with Crippen molar-refractivity contribution in [2.45, 2.75) is 90.3 Å². The van der Waals surface area contributed by atoms with Crippen LogP contribution in [0.4, 0.5) is 0 Å². The highest BCUT2D eigenvalue weighted by molar-refractivity contribution is 6.07. The monoisotopic (exact) mass is 388 g/mol. The van der Waals surface area contributed by atoms with Gasteiger partial charge >= 0.3 is 5.97 Å². The molecule has 0 amide bonds. The first-order valence-electron chi connectivity index (χ1n) is 10.9. The van der Waals surface area contributed by atoms with E-state index in [0.717, 1.165) is 43.6 Å². The molecule has 0 aromatic rings. The van der Waals surface area contributed by atoms with E-state index in [1.54, 1.807) is 6.08 Å². The van der Waals surface area contributed by atoms with Crippen molar-refractivity contribution in [3.63, 3.8) is 0 Å². The summed E-state index contributed by atoms with van der Waals surface area (Å²) >= 11 is 0. The van der Waals surface area contributed by atoms with E-state index in [0.29, 0.717) is 12.8 Å². The topological polar surface area (TPSA) is 63.6 Å². The van der Waals surface area contributed by atoms with E-state index in [4.69, 9.17) is 4.74 Å². The van der Waals surface area contributed by atoms with Gasteiger partial charge in [-0.15, -0.1) is 0 Å². The summed E-state index contributed by atoms with van der Waals surface area (Å²) in [5.74, 6) is 0.838. The maximum Gasteiger partial charge on any atom is 0.306 e. The molecule has 1 fully saturated rings. The van der Waals surface area contributed by atoms with Crippen molar-refractivity contribution in [2.75, 3.05) is 0 Å². The normalized spacial score (nSPS) is 22.4. The van der Waals surface area contributed by atoms with Gasteiger partial charge in [0.25, 0.3) is 0 Å². The molecule has 0 heterocycles. The van der Waals surface area contributed by atoms with Crippen LogP contribution in [0.15, 0.2) is 36.0 Å². The number of unbranched alkanes of at least 4 members (excludes halogenated alkanes) is 1. The van der Waals surface area contributed by atoms with Crippen LogP contribution in [-0.2, 0) is 14.3 Å². The summed E-state index contributed by atoms with van der Waals surface area (Å²) in [5, 5.41) is 10.2. The van der Waals surface area contributed by atoms with Crippen molar-refractivity contribution in [3.05, 3.63) is 36.0 Å². The Morgan fingerprint density at radius 2 is 2.11 bits per heavy atom. The van der Waals surface area contributed by atoms with E-state index in [-0.39, 0.29) is 29.9 Å². The molecule has 2 atom stereocenters. The maximum atomic E-state index is 12.1. The van der Waals surface area contributed by atoms with Crippen LogP contribution in [-0.4, -0.2) is 29.1 Å². The smallest absolute Gasteiger partial charge is 0.306 e. The summed E-state index contributed by atoms with van der Waals surface area (Å²) in [6, 6.07) is 0. The number of carbonyl (C=O) groups excluding carboxylic acids is 2. The van der Waals surface area contributed by atoms with Gasteiger partial charge in [0.2, 0.25) is 0 Å². The Kier molecular flexibility index (Phi) is 9.69. The average Bonchev–Trinajstić information content (AvgIpc) is 2.94. The fourth-order valence-corrected chi connectivity index (χ4v) is 3.68. The summed E-state index contributed by atoms with van der Waals surface area (Å²) in [6.45, 7) is 3.71. The van der Waals surface area contributed by atoms with Gasteiger partial charge in [0.15, 0.2) is 5.78 Å². The minimum absolute atomic E-state index is 0.0586. The van der Waals surface area contributed by atoms with Gasteiger partial charge in [-0.1, -0.05) is 43.6 Å². The number of hydrogen-bond donors (Lipinski definition) is 1. The molecule has 2 aliphatic rings. The van der Waals surface area contributed by atoms with Gasteiger partial charge in [0, 0.05) is 17.9 Å². The summed E-state index contributed by atoms with van der Waals surface area (Å²) in [6.07, 6.45) is 18.6. The van der Waals surface area contributed by atoms with Crippen molar-refractivity contribution in [2.24, 2.45) is 11.8 Å². The first-order valence-corrected chi connectivity index (χ1v) is 10.9. The number of ether oxygens (including phenoxy) is 1. The molecule has 1 N–H and O–H groups in total. The molecule has 0 aromatic heterocycles. The van der Waals surface area contributed by atoms with Crippen LogP contribution in [0.5, 0.6) is 0 Å². The molecule has 2 aliphatic carbocycles. The van der Waals surface area contributed by atoms with Crippen LogP contribution in [0.25, 0.3) is 0 Å². The Bertz CT molecular complexity index is 596. The van der Waals surface area contributed by atoms with Crippen molar-refractivity contribution in [1.29, 1.82) is 0 Å². The van der Waals surface area contributed by atoms with Crippen LogP contribution in [0.1, 0.15) is 78.1 Å². The summed E-state index contributed by atoms with van der Waals surface area (Å²) in [5.41, 5.74) is 0.813. The Labute approximate surface area is 169 Å². The molecule has 0 aromatic carbocycles. The highest BCUT2D eigenvalue weighted by Crippen LogP contribution is 2.31. The van der Waals surface area contributed by atoms with Crippen molar-refractivity contribution in [3.8, 4) is 0 Å². The second-order valence-corrected chi connectivity index (χ2v) is 8.39. The molecule has 156 valence electrons. The third-order valence-electron chi connectivity index (χ3n) is 5.58. The van der Waals surface area contributed by atoms with E-state index in [2.05, 4.69) is 12.2 Å². The fourth-order valence-electron chi connectivity index (χ4n) is 3.68. The Morgan fingerprint density at radius 1 is 1.32 bits per heavy atom. The van der Waals surface area contributed by atoms with E-state index in [1.165, 1.54) is 19.3 Å². The highest BCUT2D eigenvalue weighted by atomic mass is 16.5. The number of allylic oxidation sites excluding steroid dienone is 5. The van der Waals surface area contributed by atoms with Crippen molar-refractivity contribution < 1.29 is 19.4 Å². The zero-order valence-corrected chi connectivity index (χ0v) is 17.4. The van der Waals surface area contributed by atoms with E-state index < -0.39 is 0 Å². The summed E-state index contributed by atoms with van der Waals surface area (Å²) in [4.78, 5) is 23.6. The number of esters is 1. The number of carbonyl (C=O) groups is 2. The molecule has 0 radical (unpaired) electrons. The predicted molar refractivity (Wildman–Crippen MR) is 112 cm³/mol. The lowest BCUT2D eigenvalue weighted by atomic mass is 9.81. The zero-order valence-electron chi connectivity index (χ0n) is 17.4. The molecule has 4 heteroatoms. The van der Waals surface area contributed by atoms with Crippen molar-refractivity contribution in [1.82, 2.24) is 0 Å². The summed E-state index contributed by atoms with van der Waals surface area (Å²) in [7, 11) is 0. The van der Waals surface area contributed by atoms with E-state index in [9.17, 15) is 14.7 Å². The molecule has 2 rings (SSSR count). The van der Waals surface area contributed by atoms with E-state index in [1.807, 2.05) is 26.0 Å². The molecular weight excluding hydrogens is 352 g/mol. The minimum atomic E-state index is -0.344. The number of hydrogen-bond acceptors (Lipinski definition) is 4. The largest absolute Gasteiger partial charge is 0.463 e. The summed E-state index contributed by atoms with van der Waals surface area (Å²) < 4.78 is 5.11. The Balaban J connectivity index is 1.67. The number of ketones is 1. The SMILES string of the molecule is CC(C)OC(=O)CCC/C=C\CC1C=CC(=O)/C1=C/CC(O)CCC1CCC1. The first-order chi connectivity index (χ1) is 13.5. The first kappa shape index (κ1) is 22.6. The van der Waals surface area contributed by atoms with Crippen LogP contribution in [0.3, 0.4) is 0 Å². The van der Waals surface area contributed by atoms with Gasteiger partial charge in [-0.3, -0.25) is 9.59 Å². The van der Waals surface area contributed by atoms with Crippen molar-refractivity contribution >= 4 is 11.8 Å². The number of aliphatic hydroxyl groups excluding tert-OH is 1. The second-order valence-electron chi connectivity index (χ2n) is 8.39. The molecule has 0 saturated heterocycles. The highest BCUT2D eigenvalue weighted by Gasteiger charge is 2.22. The molecule has 0 spiro atoms. The second kappa shape index (κ2) is 12.0. The van der Waals surface area contributed by atoms with E-state index >= 15 is 0 Å². The predicted octanol–water partition coefficient (Wildman–Crippen LogP) is 5.07. The fraction of sp³-hybridized carbons (Fsp3) is 0.667. The lowest BCUT2D eigenvalue weighted by molar-refractivity contribution is -0.147. The molecular formula is C24H36O4. The van der Waals surface area contributed by atoms with Gasteiger partial charge in [-0.2, -0.15) is 0 Å². The molecule has 2 unspecified atom stereocenters. The molecule has 28 heavy (non-hydrogen) atoms. The van der Waals surface area contributed by atoms with Crippen LogP contribution in [0.2, 0.25) is 0 Å². The van der Waals surface area contributed by atoms with Gasteiger partial charge in [0.05, 0.1) is 12.2 Å². The lowest BCUT2D eigenvalue weighted by Crippen LogP contribution is -2.15. The number of aliphatic hydroxyl groups is 1. The Morgan fingerprint density at radius 3 is 2.79 bits per heavy atom. The van der Waals surface area contributed by atoms with Crippen LogP contribution < -0.4 is 0 Å². The van der Waals surface area contributed by atoms with Gasteiger partial charge in [-0.05, 0) is 64.4 Å². The van der Waals surface area contributed by atoms with Gasteiger partial charge < -0.3 is 9.84 Å². The minimum Gasteiger partial charge on any atom is -0.463 e. The molecule has 4 nitrogen and oxygen atoms in total. The number of rotatable bonds is 12. The zero-order chi connectivity index (χ0) is 20.4. The van der Waals surface area contributed by atoms with Crippen LogP contribution in [0, 0.1) is 11.8 Å². The van der Waals surface area contributed by atoms with Gasteiger partial charge in [-0.25, -0.2) is 0 Å². The molecule has 0 aliphatic heterocycles. The van der Waals surface area contributed by atoms with Crippen LogP contribution >= 0.6 is 0 Å². The standard InChI is InChI=1S/C24H36O4/c1-18(2)28-24(27)11-6-4-3-5-10-20-13-17-23(26)22(20)16-15-21(25)14-12-19-8-7-9-19/h3,5,13,16-21,25H,4,6-12,14-15H2,1-2H3/b5-3-,22-16+. The maximum absolute atomic E-state index is 12.1. The lowest BCUT2D eigenvalue weighted by Gasteiger charge is -2.26. The molecule has 1 saturated carbocycles. The third-order valence-corrected chi connectivity index (χ3v) is 5.58. The molecule has 0 bridgehead atoms. The quantitative estimate of drug-likeness (QED) is 0.219. The Hall–Kier alpha value is -1.68. The average molecular weight is 389 g/mol.